The minimum absolute atomic E-state index is 0.166. The maximum atomic E-state index is 6.77. The molecule has 2 bridgehead atoms. The highest BCUT2D eigenvalue weighted by molar-refractivity contribution is 6.72. The van der Waals surface area contributed by atoms with Gasteiger partial charge in [-0.05, 0) is 0 Å². The molecule has 19 heavy (non-hydrogen) atoms. The van der Waals surface area contributed by atoms with Gasteiger partial charge in [0.2, 0.25) is 0 Å². The van der Waals surface area contributed by atoms with Crippen molar-refractivity contribution in [3.05, 3.63) is 0 Å². The molecule has 0 saturated heterocycles. The van der Waals surface area contributed by atoms with Crippen LogP contribution in [0.1, 0.15) is 0 Å². The molecule has 6 saturated carbocycles. The molecular formula is C10H5Cl8N. The first-order valence-electron chi connectivity index (χ1n) is 5.64. The van der Waals surface area contributed by atoms with Gasteiger partial charge in [0, 0.05) is 17.9 Å². The van der Waals surface area contributed by atoms with E-state index in [9.17, 15) is 0 Å². The van der Waals surface area contributed by atoms with Gasteiger partial charge >= 0.3 is 0 Å². The standard InChI is InChI=1S/C10H5Cl8N/c11-4-2-5(12)3(4,1-19)7(15)8(4,16)10(18,6(2,13)14)9(5,7)17/h2H,1,19H2/t2?,3?,4-,5-,7?,8+,9+,10?/m1/s1. The van der Waals surface area contributed by atoms with E-state index in [1.807, 2.05) is 0 Å². The molecule has 1 nitrogen and oxygen atoms in total. The van der Waals surface area contributed by atoms with Crippen LogP contribution in [0.2, 0.25) is 0 Å². The summed E-state index contributed by atoms with van der Waals surface area (Å²) in [5.41, 5.74) is 5.12. The Morgan fingerprint density at radius 2 is 1.11 bits per heavy atom. The monoisotopic (exact) mass is 419 g/mol. The molecule has 0 spiro atoms. The molecule has 2 N–H and O–H groups in total. The van der Waals surface area contributed by atoms with E-state index in [-0.39, 0.29) is 6.54 Å². The van der Waals surface area contributed by atoms with E-state index in [0.717, 1.165) is 0 Å². The molecule has 6 aliphatic rings. The Morgan fingerprint density at radius 1 is 0.684 bits per heavy atom. The molecule has 6 fully saturated rings. The lowest BCUT2D eigenvalue weighted by molar-refractivity contribution is -0.347. The second-order valence-corrected chi connectivity index (χ2v) is 11.1. The first kappa shape index (κ1) is 13.7. The minimum atomic E-state index is -1.44. The number of rotatable bonds is 1. The second-order valence-electron chi connectivity index (χ2n) is 6.22. The van der Waals surface area contributed by atoms with Crippen molar-refractivity contribution in [1.29, 1.82) is 0 Å². The molecule has 106 valence electrons. The molecule has 0 unspecified atom stereocenters. The summed E-state index contributed by atoms with van der Waals surface area (Å²) in [6.07, 6.45) is 0. The number of hydrogen-bond donors (Lipinski definition) is 1. The highest BCUT2D eigenvalue weighted by Gasteiger charge is 3.32. The van der Waals surface area contributed by atoms with Crippen molar-refractivity contribution < 1.29 is 0 Å². The first-order valence-corrected chi connectivity index (χ1v) is 8.66. The minimum Gasteiger partial charge on any atom is -0.330 e. The first-order chi connectivity index (χ1) is 8.43. The van der Waals surface area contributed by atoms with Crippen molar-refractivity contribution in [1.82, 2.24) is 0 Å². The molecular weight excluding hydrogens is 418 g/mol. The predicted molar refractivity (Wildman–Crippen MR) is 80.9 cm³/mol. The molecule has 0 aromatic rings. The predicted octanol–water partition coefficient (Wildman–Crippen LogP) is 3.66. The highest BCUT2D eigenvalue weighted by atomic mass is 35.5. The van der Waals surface area contributed by atoms with Gasteiger partial charge in [0.05, 0.1) is 9.75 Å². The van der Waals surface area contributed by atoms with Crippen LogP contribution in [0.3, 0.4) is 0 Å². The van der Waals surface area contributed by atoms with Gasteiger partial charge < -0.3 is 5.73 Å². The van der Waals surface area contributed by atoms with Crippen LogP contribution < -0.4 is 5.73 Å². The second kappa shape index (κ2) is 2.56. The van der Waals surface area contributed by atoms with Crippen LogP contribution in [0.25, 0.3) is 0 Å². The maximum absolute atomic E-state index is 6.77. The zero-order valence-electron chi connectivity index (χ0n) is 8.89. The smallest absolute Gasteiger partial charge is 0.147 e. The average Bonchev–Trinajstić information content (AvgIpc) is 2.41. The van der Waals surface area contributed by atoms with E-state index in [1.165, 1.54) is 0 Å². The third kappa shape index (κ3) is 0.528. The average molecular weight is 423 g/mol. The van der Waals surface area contributed by atoms with E-state index >= 15 is 0 Å². The Hall–Kier alpha value is 2.28. The lowest BCUT2D eigenvalue weighted by atomic mass is 9.10. The van der Waals surface area contributed by atoms with Gasteiger partial charge in [-0.3, -0.25) is 0 Å². The fraction of sp³-hybridized carbons (Fsp3) is 1.00. The van der Waals surface area contributed by atoms with Crippen LogP contribution in [-0.4, -0.2) is 40.1 Å². The van der Waals surface area contributed by atoms with Gasteiger partial charge in [0.25, 0.3) is 0 Å². The SMILES string of the molecule is NCC12C3(Cl)[C@]4(Cl)C5(Cl)C(Cl)(Cl)C([C@@]14Cl)[C@]2(Cl)[C@@]53Cl. The van der Waals surface area contributed by atoms with Crippen molar-refractivity contribution in [2.24, 2.45) is 17.1 Å². The molecule has 0 radical (unpaired) electrons. The highest BCUT2D eigenvalue weighted by Crippen LogP contribution is 3.16. The van der Waals surface area contributed by atoms with E-state index in [0.29, 0.717) is 0 Å². The Labute approximate surface area is 149 Å². The lowest BCUT2D eigenvalue weighted by Gasteiger charge is -3.05. The Morgan fingerprint density at radius 3 is 1.47 bits per heavy atom. The molecule has 6 rings (SSSR count). The molecule has 4 atom stereocenters. The van der Waals surface area contributed by atoms with Crippen molar-refractivity contribution in [2.75, 3.05) is 6.54 Å². The van der Waals surface area contributed by atoms with Gasteiger partial charge in [0.1, 0.15) is 23.8 Å². The third-order valence-electron chi connectivity index (χ3n) is 6.66. The normalized spacial score (nSPS) is 83.5. The molecule has 0 aromatic carbocycles. The Balaban J connectivity index is 1.95. The summed E-state index contributed by atoms with van der Waals surface area (Å²) in [6.45, 7) is 0.166. The molecule has 0 aliphatic heterocycles. The molecule has 0 amide bonds. The summed E-state index contributed by atoms with van der Waals surface area (Å²) in [6, 6.07) is 0. The van der Waals surface area contributed by atoms with E-state index in [4.69, 9.17) is 98.5 Å². The number of nitrogens with two attached hydrogens (primary N) is 1. The van der Waals surface area contributed by atoms with Crippen LogP contribution in [-0.2, 0) is 0 Å². The van der Waals surface area contributed by atoms with Crippen molar-refractivity contribution in [3.63, 3.8) is 0 Å². The largest absolute Gasteiger partial charge is 0.330 e. The maximum Gasteiger partial charge on any atom is 0.147 e. The summed E-state index contributed by atoms with van der Waals surface area (Å²) in [5.74, 6) is -0.546. The Kier molecular flexibility index (Phi) is 1.84. The Bertz CT molecular complexity index is 574. The van der Waals surface area contributed by atoms with Crippen molar-refractivity contribution >= 4 is 92.8 Å². The van der Waals surface area contributed by atoms with Crippen LogP contribution in [0.5, 0.6) is 0 Å². The van der Waals surface area contributed by atoms with Crippen LogP contribution in [0.15, 0.2) is 0 Å². The van der Waals surface area contributed by atoms with Gasteiger partial charge in [-0.25, -0.2) is 0 Å². The topological polar surface area (TPSA) is 26.0 Å². The molecule has 9 heteroatoms. The van der Waals surface area contributed by atoms with Gasteiger partial charge in [-0.15, -0.1) is 69.6 Å². The van der Waals surface area contributed by atoms with Crippen molar-refractivity contribution in [3.8, 4) is 0 Å². The molecule has 6 aliphatic carbocycles. The zero-order valence-corrected chi connectivity index (χ0v) is 14.9. The van der Waals surface area contributed by atoms with E-state index in [2.05, 4.69) is 0 Å². The number of halogens is 8. The summed E-state index contributed by atoms with van der Waals surface area (Å²) in [5, 5.41) is 0. The van der Waals surface area contributed by atoms with Crippen LogP contribution in [0, 0.1) is 11.3 Å². The van der Waals surface area contributed by atoms with Crippen LogP contribution in [0.4, 0.5) is 0 Å². The van der Waals surface area contributed by atoms with E-state index in [1.54, 1.807) is 0 Å². The van der Waals surface area contributed by atoms with Crippen molar-refractivity contribution in [2.45, 2.75) is 33.6 Å². The summed E-state index contributed by atoms with van der Waals surface area (Å²) in [7, 11) is 0. The zero-order chi connectivity index (χ0) is 14.3. The summed E-state index contributed by atoms with van der Waals surface area (Å²) >= 11 is 53.3. The third-order valence-corrected chi connectivity index (χ3v) is 13.6. The number of hydrogen-bond acceptors (Lipinski definition) is 1. The van der Waals surface area contributed by atoms with Crippen LogP contribution >= 0.6 is 92.8 Å². The van der Waals surface area contributed by atoms with Gasteiger partial charge in [0.15, 0.2) is 0 Å². The van der Waals surface area contributed by atoms with Gasteiger partial charge in [-0.2, -0.15) is 0 Å². The summed E-state index contributed by atoms with van der Waals surface area (Å²) < 4.78 is -1.44. The molecule has 0 aromatic heterocycles. The fourth-order valence-corrected chi connectivity index (χ4v) is 13.9. The molecule has 0 heterocycles. The summed E-state index contributed by atoms with van der Waals surface area (Å²) in [4.78, 5) is -6.87. The number of alkyl halides is 8. The fourth-order valence-electron chi connectivity index (χ4n) is 6.39. The quantitative estimate of drug-likeness (QED) is 0.641. The van der Waals surface area contributed by atoms with E-state index < -0.39 is 44.9 Å². The lowest BCUT2D eigenvalue weighted by Crippen LogP contribution is -3.23. The van der Waals surface area contributed by atoms with Gasteiger partial charge in [-0.1, -0.05) is 23.2 Å².